The van der Waals surface area contributed by atoms with Crippen LogP contribution in [0.3, 0.4) is 0 Å². The second-order valence-electron chi connectivity index (χ2n) is 4.13. The number of piperidine rings is 1. The van der Waals surface area contributed by atoms with Crippen LogP contribution in [-0.2, 0) is 4.79 Å². The van der Waals surface area contributed by atoms with E-state index in [0.29, 0.717) is 13.0 Å². The van der Waals surface area contributed by atoms with Crippen LogP contribution in [0, 0.1) is 0 Å². The second-order valence-corrected chi connectivity index (χ2v) is 4.13. The molecule has 1 rings (SSSR count). The van der Waals surface area contributed by atoms with Crippen LogP contribution < -0.4 is 0 Å². The molecule has 1 aliphatic rings. The predicted octanol–water partition coefficient (Wildman–Crippen LogP) is 2.55. The lowest BCUT2D eigenvalue weighted by Crippen LogP contribution is -2.36. The molecule has 0 saturated carbocycles. The topological polar surface area (TPSA) is 32.7 Å². The Morgan fingerprint density at radius 1 is 1.56 bits per heavy atom. The zero-order chi connectivity index (χ0) is 12.0. The van der Waals surface area contributed by atoms with E-state index in [9.17, 15) is 4.79 Å². The monoisotopic (exact) mass is 220 g/mol. The molecule has 0 bridgehead atoms. The van der Waals surface area contributed by atoms with Crippen molar-refractivity contribution in [1.29, 1.82) is 0 Å². The molecule has 0 aliphatic carbocycles. The summed E-state index contributed by atoms with van der Waals surface area (Å²) in [4.78, 5) is 17.7. The van der Waals surface area contributed by atoms with E-state index in [2.05, 4.69) is 11.6 Å². The molecule has 16 heavy (non-hydrogen) atoms. The van der Waals surface area contributed by atoms with Crippen LogP contribution in [0.2, 0.25) is 0 Å². The van der Waals surface area contributed by atoms with Crippen LogP contribution in [0.5, 0.6) is 0 Å². The maximum Gasteiger partial charge on any atom is 0.222 e. The van der Waals surface area contributed by atoms with Gasteiger partial charge in [0.1, 0.15) is 0 Å². The highest BCUT2D eigenvalue weighted by atomic mass is 16.2. The summed E-state index contributed by atoms with van der Waals surface area (Å²) in [5, 5.41) is 0. The molecule has 0 aromatic rings. The first-order chi connectivity index (χ1) is 7.63. The zero-order valence-corrected chi connectivity index (χ0v) is 10.2. The maximum absolute atomic E-state index is 11.6. The number of amides is 1. The summed E-state index contributed by atoms with van der Waals surface area (Å²) in [7, 11) is 0. The predicted molar refractivity (Wildman–Crippen MR) is 67.5 cm³/mol. The van der Waals surface area contributed by atoms with Crippen molar-refractivity contribution in [2.45, 2.75) is 33.1 Å². The Kier molecular flexibility index (Phi) is 4.96. The molecule has 0 unspecified atom stereocenters. The van der Waals surface area contributed by atoms with E-state index in [4.69, 9.17) is 0 Å². The van der Waals surface area contributed by atoms with E-state index >= 15 is 0 Å². The number of hydrogen-bond acceptors (Lipinski definition) is 2. The molecule has 0 spiro atoms. The summed E-state index contributed by atoms with van der Waals surface area (Å²) in [6, 6.07) is 0. The minimum Gasteiger partial charge on any atom is -0.338 e. The fraction of sp³-hybridized carbons (Fsp3) is 0.538. The molecule has 1 amide bonds. The normalized spacial score (nSPS) is 18.2. The van der Waals surface area contributed by atoms with E-state index in [1.54, 1.807) is 6.21 Å². The third kappa shape index (κ3) is 4.01. The third-order valence-corrected chi connectivity index (χ3v) is 2.62. The van der Waals surface area contributed by atoms with Gasteiger partial charge in [-0.2, -0.15) is 0 Å². The first kappa shape index (κ1) is 12.7. The number of allylic oxidation sites excluding steroid dienone is 2. The third-order valence-electron chi connectivity index (χ3n) is 2.62. The van der Waals surface area contributed by atoms with E-state index < -0.39 is 0 Å². The van der Waals surface area contributed by atoms with Crippen molar-refractivity contribution in [3.05, 3.63) is 23.9 Å². The van der Waals surface area contributed by atoms with Gasteiger partial charge in [-0.15, -0.1) is 0 Å². The fourth-order valence-corrected chi connectivity index (χ4v) is 1.65. The SMILES string of the molecule is C=C(C)N=C/C(=C\C)CN1CCCCC1=O. The van der Waals surface area contributed by atoms with Crippen molar-refractivity contribution in [2.24, 2.45) is 4.99 Å². The summed E-state index contributed by atoms with van der Waals surface area (Å²) >= 11 is 0. The van der Waals surface area contributed by atoms with E-state index in [-0.39, 0.29) is 5.91 Å². The van der Waals surface area contributed by atoms with Crippen molar-refractivity contribution in [3.8, 4) is 0 Å². The summed E-state index contributed by atoms with van der Waals surface area (Å²) in [5.41, 5.74) is 1.85. The van der Waals surface area contributed by atoms with Gasteiger partial charge >= 0.3 is 0 Å². The fourth-order valence-electron chi connectivity index (χ4n) is 1.65. The van der Waals surface area contributed by atoms with Crippen molar-refractivity contribution >= 4 is 12.1 Å². The first-order valence-electron chi connectivity index (χ1n) is 5.76. The van der Waals surface area contributed by atoms with Crippen LogP contribution in [0.1, 0.15) is 33.1 Å². The molecule has 1 aliphatic heterocycles. The van der Waals surface area contributed by atoms with E-state index in [1.165, 1.54) is 0 Å². The molecule has 0 N–H and O–H groups in total. The van der Waals surface area contributed by atoms with Gasteiger partial charge in [0.2, 0.25) is 5.91 Å². The number of nitrogens with zero attached hydrogens (tertiary/aromatic N) is 2. The Morgan fingerprint density at radius 2 is 2.31 bits per heavy atom. The summed E-state index contributed by atoms with van der Waals surface area (Å²) < 4.78 is 0. The highest BCUT2D eigenvalue weighted by molar-refractivity contribution is 5.83. The van der Waals surface area contributed by atoms with Gasteiger partial charge in [-0.1, -0.05) is 12.7 Å². The summed E-state index contributed by atoms with van der Waals surface area (Å²) in [5.74, 6) is 0.259. The Labute approximate surface area is 97.6 Å². The van der Waals surface area contributed by atoms with Gasteiger partial charge in [-0.3, -0.25) is 9.79 Å². The first-order valence-corrected chi connectivity index (χ1v) is 5.76. The van der Waals surface area contributed by atoms with Crippen molar-refractivity contribution in [3.63, 3.8) is 0 Å². The molecule has 0 aromatic carbocycles. The average molecular weight is 220 g/mol. The lowest BCUT2D eigenvalue weighted by atomic mass is 10.1. The standard InChI is InChI=1S/C13H20N2O/c1-4-12(9-14-11(2)3)10-15-8-6-5-7-13(15)16/h4,9H,2,5-8,10H2,1,3H3/b12-4+,14-9?. The molecule has 1 saturated heterocycles. The number of rotatable bonds is 4. The van der Waals surface area contributed by atoms with Gasteiger partial charge in [-0.25, -0.2) is 0 Å². The quantitative estimate of drug-likeness (QED) is 0.670. The molecule has 88 valence electrons. The highest BCUT2D eigenvalue weighted by Gasteiger charge is 2.17. The summed E-state index contributed by atoms with van der Waals surface area (Å²) in [6.45, 7) is 9.09. The largest absolute Gasteiger partial charge is 0.338 e. The molecule has 0 atom stereocenters. The van der Waals surface area contributed by atoms with Crippen LogP contribution >= 0.6 is 0 Å². The van der Waals surface area contributed by atoms with Gasteiger partial charge in [-0.05, 0) is 32.3 Å². The van der Waals surface area contributed by atoms with Gasteiger partial charge < -0.3 is 4.90 Å². The van der Waals surface area contributed by atoms with E-state index in [0.717, 1.165) is 30.7 Å². The molecule has 3 heteroatoms. The molecule has 0 radical (unpaired) electrons. The Bertz CT molecular complexity index is 329. The number of carbonyl (C=O) groups excluding carboxylic acids is 1. The van der Waals surface area contributed by atoms with Crippen LogP contribution in [-0.4, -0.2) is 30.1 Å². The molecular formula is C13H20N2O. The summed E-state index contributed by atoms with van der Waals surface area (Å²) in [6.07, 6.45) is 6.62. The van der Waals surface area contributed by atoms with Crippen LogP contribution in [0.25, 0.3) is 0 Å². The van der Waals surface area contributed by atoms with Crippen LogP contribution in [0.15, 0.2) is 28.9 Å². The Morgan fingerprint density at radius 3 is 2.88 bits per heavy atom. The maximum atomic E-state index is 11.6. The smallest absolute Gasteiger partial charge is 0.222 e. The molecule has 0 aromatic heterocycles. The Hall–Kier alpha value is -1.38. The molecular weight excluding hydrogens is 200 g/mol. The number of aliphatic imine (C=N–C) groups is 1. The number of hydrogen-bond donors (Lipinski definition) is 0. The van der Waals surface area contributed by atoms with Gasteiger partial charge in [0.05, 0.1) is 0 Å². The lowest BCUT2D eigenvalue weighted by Gasteiger charge is -2.26. The Balaban J connectivity index is 2.56. The molecule has 1 fully saturated rings. The van der Waals surface area contributed by atoms with Gasteiger partial charge in [0.25, 0.3) is 0 Å². The lowest BCUT2D eigenvalue weighted by molar-refractivity contribution is -0.132. The second kappa shape index (κ2) is 6.26. The van der Waals surface area contributed by atoms with Crippen molar-refractivity contribution in [1.82, 2.24) is 4.90 Å². The molecule has 3 nitrogen and oxygen atoms in total. The molecule has 1 heterocycles. The van der Waals surface area contributed by atoms with E-state index in [1.807, 2.05) is 24.8 Å². The zero-order valence-electron chi connectivity index (χ0n) is 10.2. The highest BCUT2D eigenvalue weighted by Crippen LogP contribution is 2.11. The van der Waals surface area contributed by atoms with Crippen molar-refractivity contribution < 1.29 is 4.79 Å². The van der Waals surface area contributed by atoms with Gasteiger partial charge in [0.15, 0.2) is 0 Å². The minimum atomic E-state index is 0.259. The average Bonchev–Trinajstić information content (AvgIpc) is 2.26. The van der Waals surface area contributed by atoms with Gasteiger partial charge in [0, 0.05) is 31.4 Å². The number of carbonyl (C=O) groups is 1. The van der Waals surface area contributed by atoms with Crippen molar-refractivity contribution in [2.75, 3.05) is 13.1 Å². The number of likely N-dealkylation sites (tertiary alicyclic amines) is 1. The minimum absolute atomic E-state index is 0.259. The van der Waals surface area contributed by atoms with Crippen LogP contribution in [0.4, 0.5) is 0 Å².